The molecule has 0 saturated heterocycles. The second-order valence-electron chi connectivity index (χ2n) is 5.27. The van der Waals surface area contributed by atoms with Crippen LogP contribution >= 0.6 is 0 Å². The van der Waals surface area contributed by atoms with Crippen molar-refractivity contribution >= 4 is 11.6 Å². The largest absolute Gasteiger partial charge is 0.505 e. The Hall–Kier alpha value is -1.55. The highest BCUT2D eigenvalue weighted by molar-refractivity contribution is 5.93. The molecule has 0 radical (unpaired) electrons. The lowest BCUT2D eigenvalue weighted by Gasteiger charge is -2.22. The fourth-order valence-electron chi connectivity index (χ4n) is 2.53. The summed E-state index contributed by atoms with van der Waals surface area (Å²) in [6.07, 6.45) is 4.32. The second-order valence-corrected chi connectivity index (χ2v) is 5.27. The second kappa shape index (κ2) is 4.98. The van der Waals surface area contributed by atoms with E-state index in [-0.39, 0.29) is 17.2 Å². The van der Waals surface area contributed by atoms with Crippen molar-refractivity contribution in [2.24, 2.45) is 5.73 Å². The summed E-state index contributed by atoms with van der Waals surface area (Å²) in [5.41, 5.74) is 7.01. The van der Waals surface area contributed by atoms with Gasteiger partial charge in [0.2, 0.25) is 5.91 Å². The van der Waals surface area contributed by atoms with Crippen molar-refractivity contribution in [1.82, 2.24) is 0 Å². The van der Waals surface area contributed by atoms with Gasteiger partial charge in [-0.1, -0.05) is 25.0 Å². The molecule has 1 fully saturated rings. The number of phenols is 1. The standard InChI is InChI=1S/C14H20N2O2/c1-10-5-4-6-11(13(10)18)16-12(17)9-14(15)7-2-3-8-14/h4-6,18H,2-3,7-9,15H2,1H3,(H,16,17). The zero-order valence-corrected chi connectivity index (χ0v) is 10.7. The number of nitrogens with two attached hydrogens (primary N) is 1. The number of carbonyl (C=O) groups excluding carboxylic acids is 1. The monoisotopic (exact) mass is 248 g/mol. The van der Waals surface area contributed by atoms with E-state index in [1.165, 1.54) is 0 Å². The molecule has 4 nitrogen and oxygen atoms in total. The number of anilines is 1. The van der Waals surface area contributed by atoms with Gasteiger partial charge < -0.3 is 16.2 Å². The minimum absolute atomic E-state index is 0.125. The fraction of sp³-hybridized carbons (Fsp3) is 0.500. The van der Waals surface area contributed by atoms with Crippen molar-refractivity contribution < 1.29 is 9.90 Å². The predicted octanol–water partition coefficient (Wildman–Crippen LogP) is 2.30. The van der Waals surface area contributed by atoms with Crippen molar-refractivity contribution in [3.8, 4) is 5.75 Å². The van der Waals surface area contributed by atoms with Crippen molar-refractivity contribution in [2.75, 3.05) is 5.32 Å². The van der Waals surface area contributed by atoms with E-state index in [2.05, 4.69) is 5.32 Å². The molecule has 0 aromatic heterocycles. The van der Waals surface area contributed by atoms with Crippen molar-refractivity contribution in [3.63, 3.8) is 0 Å². The van der Waals surface area contributed by atoms with Gasteiger partial charge in [-0.2, -0.15) is 0 Å². The molecule has 1 saturated carbocycles. The molecule has 98 valence electrons. The SMILES string of the molecule is Cc1cccc(NC(=O)CC2(N)CCCC2)c1O. The lowest BCUT2D eigenvalue weighted by Crippen LogP contribution is -2.40. The van der Waals surface area contributed by atoms with E-state index in [9.17, 15) is 9.90 Å². The maximum absolute atomic E-state index is 11.9. The Morgan fingerprint density at radius 1 is 1.44 bits per heavy atom. The number of phenolic OH excluding ortho intramolecular Hbond substituents is 1. The van der Waals surface area contributed by atoms with Crippen LogP contribution in [0.2, 0.25) is 0 Å². The summed E-state index contributed by atoms with van der Waals surface area (Å²) in [6, 6.07) is 5.29. The van der Waals surface area contributed by atoms with Crippen LogP contribution in [0.3, 0.4) is 0 Å². The first-order valence-corrected chi connectivity index (χ1v) is 6.37. The van der Waals surface area contributed by atoms with Gasteiger partial charge in [0.05, 0.1) is 5.69 Å². The van der Waals surface area contributed by atoms with Gasteiger partial charge in [0.25, 0.3) is 0 Å². The Morgan fingerprint density at radius 3 is 2.78 bits per heavy atom. The van der Waals surface area contributed by atoms with E-state index < -0.39 is 0 Å². The van der Waals surface area contributed by atoms with E-state index in [0.717, 1.165) is 31.2 Å². The maximum atomic E-state index is 11.9. The van der Waals surface area contributed by atoms with Gasteiger partial charge in [0, 0.05) is 12.0 Å². The molecule has 0 aliphatic heterocycles. The topological polar surface area (TPSA) is 75.4 Å². The molecule has 4 heteroatoms. The van der Waals surface area contributed by atoms with Crippen LogP contribution in [-0.2, 0) is 4.79 Å². The third kappa shape index (κ3) is 2.82. The van der Waals surface area contributed by atoms with Crippen LogP contribution in [0.1, 0.15) is 37.7 Å². The van der Waals surface area contributed by atoms with Gasteiger partial charge in [-0.05, 0) is 31.4 Å². The molecule has 1 aromatic rings. The average Bonchev–Trinajstić information content (AvgIpc) is 2.71. The number of hydrogen-bond acceptors (Lipinski definition) is 3. The summed E-state index contributed by atoms with van der Waals surface area (Å²) in [6.45, 7) is 1.80. The van der Waals surface area contributed by atoms with Crippen molar-refractivity contribution in [2.45, 2.75) is 44.6 Å². The summed E-state index contributed by atoms with van der Waals surface area (Å²) < 4.78 is 0. The quantitative estimate of drug-likeness (QED) is 0.718. The summed E-state index contributed by atoms with van der Waals surface area (Å²) >= 11 is 0. The Morgan fingerprint density at radius 2 is 2.11 bits per heavy atom. The van der Waals surface area contributed by atoms with Crippen LogP contribution in [-0.4, -0.2) is 16.6 Å². The highest BCUT2D eigenvalue weighted by atomic mass is 16.3. The van der Waals surface area contributed by atoms with Crippen LogP contribution in [0, 0.1) is 6.92 Å². The Bertz CT molecular complexity index is 451. The molecule has 4 N–H and O–H groups in total. The lowest BCUT2D eigenvalue weighted by molar-refractivity contribution is -0.117. The highest BCUT2D eigenvalue weighted by Crippen LogP contribution is 2.31. The number of hydrogen-bond donors (Lipinski definition) is 3. The normalized spacial score (nSPS) is 17.7. The summed E-state index contributed by atoms with van der Waals surface area (Å²) in [5.74, 6) is 0.00337. The van der Waals surface area contributed by atoms with E-state index in [1.807, 2.05) is 0 Å². The highest BCUT2D eigenvalue weighted by Gasteiger charge is 2.31. The third-order valence-electron chi connectivity index (χ3n) is 3.62. The molecule has 0 heterocycles. The number of aromatic hydroxyl groups is 1. The Kier molecular flexibility index (Phi) is 3.57. The fourth-order valence-corrected chi connectivity index (χ4v) is 2.53. The van der Waals surface area contributed by atoms with Crippen molar-refractivity contribution in [3.05, 3.63) is 23.8 Å². The summed E-state index contributed by atoms with van der Waals surface area (Å²) in [7, 11) is 0. The van der Waals surface area contributed by atoms with Gasteiger partial charge in [-0.15, -0.1) is 0 Å². The van der Waals surface area contributed by atoms with Crippen molar-refractivity contribution in [1.29, 1.82) is 0 Å². The molecule has 0 bridgehead atoms. The predicted molar refractivity (Wildman–Crippen MR) is 71.5 cm³/mol. The van der Waals surface area contributed by atoms with E-state index >= 15 is 0 Å². The molecular weight excluding hydrogens is 228 g/mol. The van der Waals surface area contributed by atoms with Crippen LogP contribution < -0.4 is 11.1 Å². The maximum Gasteiger partial charge on any atom is 0.226 e. The third-order valence-corrected chi connectivity index (χ3v) is 3.62. The zero-order valence-electron chi connectivity index (χ0n) is 10.7. The number of aryl methyl sites for hydroxylation is 1. The van der Waals surface area contributed by atoms with E-state index in [1.54, 1.807) is 25.1 Å². The average molecular weight is 248 g/mol. The molecule has 1 aliphatic carbocycles. The smallest absolute Gasteiger partial charge is 0.226 e. The molecule has 0 spiro atoms. The number of benzene rings is 1. The first kappa shape index (κ1) is 12.9. The van der Waals surface area contributed by atoms with Crippen LogP contribution in [0.15, 0.2) is 18.2 Å². The minimum atomic E-state index is -0.358. The number of para-hydroxylation sites is 1. The molecule has 2 rings (SSSR count). The molecule has 1 aromatic carbocycles. The molecule has 0 atom stereocenters. The first-order chi connectivity index (χ1) is 8.50. The number of nitrogens with one attached hydrogen (secondary N) is 1. The number of rotatable bonds is 3. The van der Waals surface area contributed by atoms with Gasteiger partial charge in [-0.3, -0.25) is 4.79 Å². The molecule has 0 unspecified atom stereocenters. The number of carbonyl (C=O) groups is 1. The van der Waals surface area contributed by atoms with Gasteiger partial charge in [-0.25, -0.2) is 0 Å². The molecule has 1 aliphatic rings. The zero-order chi connectivity index (χ0) is 13.2. The molecule has 18 heavy (non-hydrogen) atoms. The number of amides is 1. The molecule has 1 amide bonds. The Balaban J connectivity index is 2.01. The first-order valence-electron chi connectivity index (χ1n) is 6.37. The molecular formula is C14H20N2O2. The summed E-state index contributed by atoms with van der Waals surface area (Å²) in [4.78, 5) is 11.9. The summed E-state index contributed by atoms with van der Waals surface area (Å²) in [5, 5.41) is 12.6. The minimum Gasteiger partial charge on any atom is -0.505 e. The lowest BCUT2D eigenvalue weighted by atomic mass is 9.94. The van der Waals surface area contributed by atoms with Crippen LogP contribution in [0.4, 0.5) is 5.69 Å². The van der Waals surface area contributed by atoms with Gasteiger partial charge in [0.1, 0.15) is 5.75 Å². The van der Waals surface area contributed by atoms with E-state index in [0.29, 0.717) is 12.1 Å². The van der Waals surface area contributed by atoms with Gasteiger partial charge >= 0.3 is 0 Å². The van der Waals surface area contributed by atoms with Crippen LogP contribution in [0.25, 0.3) is 0 Å². The van der Waals surface area contributed by atoms with Gasteiger partial charge in [0.15, 0.2) is 0 Å². The Labute approximate surface area is 107 Å². The van der Waals surface area contributed by atoms with Crippen LogP contribution in [0.5, 0.6) is 5.75 Å². The van der Waals surface area contributed by atoms with E-state index in [4.69, 9.17) is 5.73 Å².